The second-order valence-corrected chi connectivity index (χ2v) is 13.2. The van der Waals surface area contributed by atoms with Gasteiger partial charge in [0.15, 0.2) is 0 Å². The van der Waals surface area contributed by atoms with Crippen molar-refractivity contribution in [1.82, 2.24) is 15.1 Å². The van der Waals surface area contributed by atoms with Crippen LogP contribution < -0.4 is 5.32 Å². The molecule has 2 aliphatic rings. The molecule has 0 aromatic heterocycles. The Kier molecular flexibility index (Phi) is 19.1. The fourth-order valence-electron chi connectivity index (χ4n) is 6.68. The molecule has 1 aliphatic carbocycles. The number of carbonyl (C=O) groups excluding carboxylic acids is 2. The largest absolute Gasteiger partial charge is 0.382 e. The number of hydrogen-bond donors (Lipinski definition) is 1. The fourth-order valence-corrected chi connectivity index (χ4v) is 6.68. The number of benzene rings is 2. The predicted molar refractivity (Wildman–Crippen MR) is 201 cm³/mol. The van der Waals surface area contributed by atoms with Gasteiger partial charge in [0.25, 0.3) is 0 Å². The monoisotopic (exact) mass is 721 g/mol. The second-order valence-electron chi connectivity index (χ2n) is 13.2. The van der Waals surface area contributed by atoms with Crippen LogP contribution in [0.1, 0.15) is 36.8 Å². The summed E-state index contributed by atoms with van der Waals surface area (Å²) in [7, 11) is 3.58. The van der Waals surface area contributed by atoms with Crippen LogP contribution in [0.25, 0.3) is 0 Å². The molecule has 2 unspecified atom stereocenters. The summed E-state index contributed by atoms with van der Waals surface area (Å²) >= 11 is 0. The first-order chi connectivity index (χ1) is 25.5. The van der Waals surface area contributed by atoms with Crippen LogP contribution in [0.4, 0.5) is 0 Å². The maximum Gasteiger partial charge on any atom is 0.250 e. The summed E-state index contributed by atoms with van der Waals surface area (Å²) < 4.78 is 32.4. The lowest BCUT2D eigenvalue weighted by atomic mass is 9.80. The second kappa shape index (κ2) is 24.0. The van der Waals surface area contributed by atoms with Crippen LogP contribution in [0.5, 0.6) is 0 Å². The van der Waals surface area contributed by atoms with Gasteiger partial charge < -0.3 is 43.5 Å². The number of ether oxygens (including phenoxy) is 6. The molecule has 2 aromatic rings. The molecule has 1 saturated heterocycles. The Morgan fingerprint density at radius 3 is 1.79 bits per heavy atom. The highest BCUT2D eigenvalue weighted by Crippen LogP contribution is 2.34. The molecule has 0 saturated carbocycles. The Labute approximate surface area is 310 Å². The molecule has 0 spiro atoms. The molecule has 0 radical (unpaired) electrons. The van der Waals surface area contributed by atoms with Gasteiger partial charge in [-0.1, -0.05) is 79.7 Å². The quantitative estimate of drug-likeness (QED) is 0.150. The minimum Gasteiger partial charge on any atom is -0.382 e. The third-order valence-electron chi connectivity index (χ3n) is 9.56. The van der Waals surface area contributed by atoms with Crippen LogP contribution in [0, 0.1) is 11.8 Å². The third kappa shape index (κ3) is 13.9. The lowest BCUT2D eigenvalue weighted by molar-refractivity contribution is -0.134. The first-order valence-corrected chi connectivity index (χ1v) is 18.6. The summed E-state index contributed by atoms with van der Waals surface area (Å²) in [5.41, 5.74) is 2.77. The van der Waals surface area contributed by atoms with E-state index in [0.717, 1.165) is 36.5 Å². The SMILES string of the molecule is COCCOCCOCCOCCOCCOCC(=O)NC1=CC=CC([C@@H](CN2CCCC2)N(C)C(=O)C(c2ccccc2)c2ccccc2)C1C. The van der Waals surface area contributed by atoms with Crippen LogP contribution in [-0.2, 0) is 38.0 Å². The van der Waals surface area contributed by atoms with Gasteiger partial charge in [-0.25, -0.2) is 0 Å². The van der Waals surface area contributed by atoms with Gasteiger partial charge >= 0.3 is 0 Å². The number of methoxy groups -OCH3 is 1. The Morgan fingerprint density at radius 1 is 0.769 bits per heavy atom. The van der Waals surface area contributed by atoms with Crippen molar-refractivity contribution in [2.45, 2.75) is 31.7 Å². The van der Waals surface area contributed by atoms with Crippen molar-refractivity contribution in [2.75, 3.05) is 106 Å². The minimum absolute atomic E-state index is 0.00486. The number of nitrogens with one attached hydrogen (secondary N) is 1. The smallest absolute Gasteiger partial charge is 0.250 e. The van der Waals surface area contributed by atoms with Crippen LogP contribution in [0.15, 0.2) is 84.6 Å². The Balaban J connectivity index is 1.22. The lowest BCUT2D eigenvalue weighted by Crippen LogP contribution is -2.52. The van der Waals surface area contributed by atoms with Gasteiger partial charge in [-0.2, -0.15) is 0 Å². The molecule has 52 heavy (non-hydrogen) atoms. The van der Waals surface area contributed by atoms with Gasteiger partial charge in [0.2, 0.25) is 11.8 Å². The summed E-state index contributed by atoms with van der Waals surface area (Å²) in [6.45, 7) is 9.58. The number of likely N-dealkylation sites (tertiary alicyclic amines) is 1. The highest BCUT2D eigenvalue weighted by atomic mass is 16.6. The molecule has 1 fully saturated rings. The third-order valence-corrected chi connectivity index (χ3v) is 9.56. The van der Waals surface area contributed by atoms with E-state index in [-0.39, 0.29) is 36.3 Å². The van der Waals surface area contributed by atoms with Crippen LogP contribution in [-0.4, -0.2) is 134 Å². The summed E-state index contributed by atoms with van der Waals surface area (Å²) in [4.78, 5) is 31.9. The maximum atomic E-state index is 14.5. The van der Waals surface area contributed by atoms with E-state index in [1.54, 1.807) is 7.11 Å². The van der Waals surface area contributed by atoms with Crippen molar-refractivity contribution >= 4 is 11.8 Å². The molecule has 1 heterocycles. The van der Waals surface area contributed by atoms with Gasteiger partial charge in [-0.05, 0) is 43.1 Å². The Bertz CT molecular complexity index is 1310. The average Bonchev–Trinajstić information content (AvgIpc) is 3.69. The number of amides is 2. The standard InChI is InChI=1S/C41H59N3O8/c1-33-36(17-12-18-37(33)42-39(45)32-52-30-29-51-28-27-50-26-25-49-24-23-48-22-21-47-3)38(31-44-19-10-11-20-44)43(2)41(46)40(34-13-6-4-7-14-34)35-15-8-5-9-16-35/h4-9,12-18,33,36,38,40H,10-11,19-32H2,1-3H3,(H,42,45)/t33?,36?,38-/m1/s1. The molecule has 11 heteroatoms. The number of likely N-dealkylation sites (N-methyl/N-ethyl adjacent to an activating group) is 1. The van der Waals surface area contributed by atoms with Crippen molar-refractivity contribution in [2.24, 2.45) is 11.8 Å². The molecule has 2 amide bonds. The van der Waals surface area contributed by atoms with E-state index in [1.165, 1.54) is 12.8 Å². The first kappa shape index (κ1) is 41.3. The van der Waals surface area contributed by atoms with E-state index >= 15 is 0 Å². The van der Waals surface area contributed by atoms with Crippen LogP contribution in [0.2, 0.25) is 0 Å². The van der Waals surface area contributed by atoms with E-state index < -0.39 is 5.92 Å². The normalized spacial score (nSPS) is 18.0. The minimum atomic E-state index is -0.415. The molecule has 0 bridgehead atoms. The number of carbonyl (C=O) groups is 2. The Hall–Kier alpha value is -3.42. The first-order valence-electron chi connectivity index (χ1n) is 18.6. The summed E-state index contributed by atoms with van der Waals surface area (Å²) in [6.07, 6.45) is 8.48. The number of nitrogens with zero attached hydrogens (tertiary/aromatic N) is 2. The van der Waals surface area contributed by atoms with Crippen LogP contribution in [0.3, 0.4) is 0 Å². The molecule has 11 nitrogen and oxygen atoms in total. The van der Waals surface area contributed by atoms with Gasteiger partial charge in [-0.15, -0.1) is 0 Å². The number of rotatable bonds is 25. The Morgan fingerprint density at radius 2 is 1.27 bits per heavy atom. The molecule has 2 aromatic carbocycles. The van der Waals surface area contributed by atoms with Gasteiger partial charge in [0.1, 0.15) is 6.61 Å². The van der Waals surface area contributed by atoms with Crippen molar-refractivity contribution in [1.29, 1.82) is 0 Å². The van der Waals surface area contributed by atoms with Gasteiger partial charge in [-0.3, -0.25) is 9.59 Å². The fraction of sp³-hybridized carbons (Fsp3) is 0.561. The lowest BCUT2D eigenvalue weighted by Gasteiger charge is -2.41. The summed E-state index contributed by atoms with van der Waals surface area (Å²) in [5.74, 6) is -0.582. The van der Waals surface area contributed by atoms with Crippen molar-refractivity contribution in [3.05, 3.63) is 95.7 Å². The number of hydrogen-bond acceptors (Lipinski definition) is 9. The zero-order valence-corrected chi connectivity index (χ0v) is 31.3. The molecule has 286 valence electrons. The zero-order valence-electron chi connectivity index (χ0n) is 31.3. The highest BCUT2D eigenvalue weighted by molar-refractivity contribution is 5.87. The zero-order chi connectivity index (χ0) is 36.8. The topological polar surface area (TPSA) is 108 Å². The number of allylic oxidation sites excluding steroid dienone is 3. The molecular weight excluding hydrogens is 662 g/mol. The molecule has 3 atom stereocenters. The van der Waals surface area contributed by atoms with E-state index in [4.69, 9.17) is 28.4 Å². The van der Waals surface area contributed by atoms with Crippen molar-refractivity contribution < 1.29 is 38.0 Å². The van der Waals surface area contributed by atoms with E-state index in [9.17, 15) is 9.59 Å². The molecule has 4 rings (SSSR count). The van der Waals surface area contributed by atoms with Crippen molar-refractivity contribution in [3.8, 4) is 0 Å². The molecule has 1 N–H and O–H groups in total. The highest BCUT2D eigenvalue weighted by Gasteiger charge is 2.38. The van der Waals surface area contributed by atoms with Crippen LogP contribution >= 0.6 is 0 Å². The van der Waals surface area contributed by atoms with Gasteiger partial charge in [0.05, 0.1) is 78.0 Å². The van der Waals surface area contributed by atoms with Gasteiger partial charge in [0, 0.05) is 38.2 Å². The maximum absolute atomic E-state index is 14.5. The predicted octanol–water partition coefficient (Wildman–Crippen LogP) is 4.29. The summed E-state index contributed by atoms with van der Waals surface area (Å²) in [5, 5.41) is 3.08. The molecule has 1 aliphatic heterocycles. The average molecular weight is 722 g/mol. The summed E-state index contributed by atoms with van der Waals surface area (Å²) in [6, 6.07) is 19.9. The molecular formula is C41H59N3O8. The van der Waals surface area contributed by atoms with E-state index in [1.807, 2.05) is 84.8 Å². The van der Waals surface area contributed by atoms with Crippen molar-refractivity contribution in [3.63, 3.8) is 0 Å². The van der Waals surface area contributed by atoms with E-state index in [2.05, 4.69) is 23.2 Å². The van der Waals surface area contributed by atoms with E-state index in [0.29, 0.717) is 66.1 Å².